The fraction of sp³-hybridized carbons (Fsp3) is 0.536. The number of quaternary nitrogens is 1. The Labute approximate surface area is 202 Å². The molecule has 1 aliphatic carbocycles. The van der Waals surface area contributed by atoms with Crippen molar-refractivity contribution < 1.29 is 18.8 Å². The molecule has 1 N–H and O–H groups in total. The molecule has 1 amide bonds. The number of carbonyl (C=O) groups is 2. The number of aromatic nitrogens is 1. The Hall–Kier alpha value is -2.73. The standard InChI is InChI=1S/C28H35N3O3/c32-26(30-24-10-16-29-17-11-24)21-31-18-12-22(13-19-31)25(20-31)34-27(33)28(14-6-1-2-7-15-28)23-8-4-3-5-9-23/h3-5,8-11,16-17,22,25H,1-2,6-7,12-15,18-21H2/p+1. The van der Waals surface area contributed by atoms with Crippen molar-refractivity contribution >= 4 is 17.6 Å². The van der Waals surface area contributed by atoms with E-state index in [1.807, 2.05) is 18.2 Å². The summed E-state index contributed by atoms with van der Waals surface area (Å²) in [6.45, 7) is 3.12. The molecule has 1 atom stereocenters. The summed E-state index contributed by atoms with van der Waals surface area (Å²) in [5, 5.41) is 3.01. The molecular formula is C28H36N3O3+. The van der Waals surface area contributed by atoms with Crippen molar-refractivity contribution in [2.75, 3.05) is 31.5 Å². The molecule has 1 aromatic carbocycles. The second kappa shape index (κ2) is 9.87. The number of ether oxygens (including phenoxy) is 1. The smallest absolute Gasteiger partial charge is 0.317 e. The first-order chi connectivity index (χ1) is 16.6. The lowest BCUT2D eigenvalue weighted by Crippen LogP contribution is -2.66. The van der Waals surface area contributed by atoms with Crippen molar-refractivity contribution in [1.29, 1.82) is 0 Å². The average molecular weight is 463 g/mol. The van der Waals surface area contributed by atoms with Gasteiger partial charge in [0.25, 0.3) is 5.91 Å². The van der Waals surface area contributed by atoms with Gasteiger partial charge in [0.15, 0.2) is 12.6 Å². The molecule has 1 saturated carbocycles. The zero-order valence-corrected chi connectivity index (χ0v) is 20.0. The van der Waals surface area contributed by atoms with Gasteiger partial charge in [-0.15, -0.1) is 0 Å². The van der Waals surface area contributed by atoms with E-state index >= 15 is 0 Å². The average Bonchev–Trinajstić information content (AvgIpc) is 3.13. The summed E-state index contributed by atoms with van der Waals surface area (Å²) in [7, 11) is 0. The second-order valence-corrected chi connectivity index (χ2v) is 10.6. The number of nitrogens with one attached hydrogen (secondary N) is 1. The molecule has 180 valence electrons. The molecule has 3 saturated heterocycles. The van der Waals surface area contributed by atoms with E-state index in [1.54, 1.807) is 24.5 Å². The van der Waals surface area contributed by atoms with Gasteiger partial charge in [0.05, 0.1) is 18.5 Å². The zero-order chi connectivity index (χ0) is 23.4. The van der Waals surface area contributed by atoms with Crippen molar-refractivity contribution in [3.63, 3.8) is 0 Å². The topological polar surface area (TPSA) is 68.3 Å². The Bertz CT molecular complexity index is 978. The third-order valence-electron chi connectivity index (χ3n) is 8.42. The molecule has 0 spiro atoms. The molecule has 6 rings (SSSR count). The van der Waals surface area contributed by atoms with Crippen LogP contribution in [-0.2, 0) is 19.7 Å². The van der Waals surface area contributed by atoms with Crippen molar-refractivity contribution in [3.8, 4) is 0 Å². The van der Waals surface area contributed by atoms with Crippen LogP contribution in [-0.4, -0.2) is 53.6 Å². The summed E-state index contributed by atoms with van der Waals surface area (Å²) in [6.07, 6.45) is 11.5. The Morgan fingerprint density at radius 2 is 1.65 bits per heavy atom. The van der Waals surface area contributed by atoms with Crippen LogP contribution >= 0.6 is 0 Å². The monoisotopic (exact) mass is 462 g/mol. The maximum absolute atomic E-state index is 13.9. The highest BCUT2D eigenvalue weighted by molar-refractivity contribution is 5.91. The van der Waals surface area contributed by atoms with Crippen LogP contribution in [0.4, 0.5) is 5.69 Å². The van der Waals surface area contributed by atoms with Crippen LogP contribution in [0.5, 0.6) is 0 Å². The van der Waals surface area contributed by atoms with E-state index in [0.717, 1.165) is 69.4 Å². The Balaban J connectivity index is 1.30. The van der Waals surface area contributed by atoms with E-state index < -0.39 is 5.41 Å². The molecule has 2 aromatic rings. The van der Waals surface area contributed by atoms with Gasteiger partial charge < -0.3 is 14.5 Å². The third-order valence-corrected chi connectivity index (χ3v) is 8.42. The highest BCUT2D eigenvalue weighted by Crippen LogP contribution is 2.42. The van der Waals surface area contributed by atoms with Gasteiger partial charge in [-0.2, -0.15) is 0 Å². The molecule has 34 heavy (non-hydrogen) atoms. The minimum absolute atomic E-state index is 0.0150. The number of esters is 1. The Kier molecular flexibility index (Phi) is 6.68. The molecule has 4 fully saturated rings. The highest BCUT2D eigenvalue weighted by Gasteiger charge is 2.51. The van der Waals surface area contributed by atoms with Crippen LogP contribution < -0.4 is 5.32 Å². The fourth-order valence-corrected chi connectivity index (χ4v) is 6.47. The van der Waals surface area contributed by atoms with Crippen LogP contribution in [0.25, 0.3) is 0 Å². The number of benzene rings is 1. The molecule has 0 radical (unpaired) electrons. The number of hydrogen-bond donors (Lipinski definition) is 1. The Morgan fingerprint density at radius 3 is 2.32 bits per heavy atom. The zero-order valence-electron chi connectivity index (χ0n) is 20.0. The molecule has 2 bridgehead atoms. The van der Waals surface area contributed by atoms with Crippen molar-refractivity contribution in [2.45, 2.75) is 62.9 Å². The first kappa shape index (κ1) is 23.0. The van der Waals surface area contributed by atoms with Gasteiger partial charge in [-0.3, -0.25) is 14.6 Å². The van der Waals surface area contributed by atoms with Crippen LogP contribution in [0.3, 0.4) is 0 Å². The summed E-state index contributed by atoms with van der Waals surface area (Å²) in [4.78, 5) is 30.7. The largest absolute Gasteiger partial charge is 0.455 e. The maximum atomic E-state index is 13.9. The first-order valence-corrected chi connectivity index (χ1v) is 12.9. The highest BCUT2D eigenvalue weighted by atomic mass is 16.5. The van der Waals surface area contributed by atoms with Gasteiger partial charge >= 0.3 is 5.97 Å². The maximum Gasteiger partial charge on any atom is 0.317 e. The summed E-state index contributed by atoms with van der Waals surface area (Å²) < 4.78 is 7.12. The number of nitrogens with zero attached hydrogens (tertiary/aromatic N) is 2. The lowest BCUT2D eigenvalue weighted by molar-refractivity contribution is -0.939. The van der Waals surface area contributed by atoms with Crippen LogP contribution in [0.1, 0.15) is 56.9 Å². The van der Waals surface area contributed by atoms with E-state index in [9.17, 15) is 9.59 Å². The van der Waals surface area contributed by atoms with E-state index in [4.69, 9.17) is 4.74 Å². The van der Waals surface area contributed by atoms with Crippen molar-refractivity contribution in [3.05, 3.63) is 60.4 Å². The van der Waals surface area contributed by atoms with Crippen molar-refractivity contribution in [1.82, 2.24) is 4.98 Å². The summed E-state index contributed by atoms with van der Waals surface area (Å²) in [6, 6.07) is 13.9. The third kappa shape index (κ3) is 4.74. The number of amides is 1. The fourth-order valence-electron chi connectivity index (χ4n) is 6.47. The number of pyridine rings is 1. The van der Waals surface area contributed by atoms with Gasteiger partial charge in [0.1, 0.15) is 6.54 Å². The number of piperidine rings is 3. The predicted molar refractivity (Wildman–Crippen MR) is 131 cm³/mol. The Morgan fingerprint density at radius 1 is 0.971 bits per heavy atom. The summed E-state index contributed by atoms with van der Waals surface area (Å²) in [5.74, 6) is 0.380. The molecule has 4 heterocycles. The molecule has 1 aromatic heterocycles. The van der Waals surface area contributed by atoms with Gasteiger partial charge in [-0.25, -0.2) is 0 Å². The van der Waals surface area contributed by atoms with Gasteiger partial charge in [0, 0.05) is 36.8 Å². The van der Waals surface area contributed by atoms with E-state index in [0.29, 0.717) is 16.9 Å². The minimum Gasteiger partial charge on any atom is -0.455 e. The number of rotatable bonds is 6. The normalized spacial score (nSPS) is 28.0. The second-order valence-electron chi connectivity index (χ2n) is 10.6. The molecule has 3 aliphatic heterocycles. The van der Waals surface area contributed by atoms with E-state index in [2.05, 4.69) is 22.4 Å². The van der Waals surface area contributed by atoms with Gasteiger partial charge in [-0.05, 0) is 30.5 Å². The summed E-state index contributed by atoms with van der Waals surface area (Å²) in [5.41, 5.74) is 1.34. The number of fused-ring (bicyclic) bond motifs is 3. The lowest BCUT2D eigenvalue weighted by Gasteiger charge is -2.52. The van der Waals surface area contributed by atoms with Crippen LogP contribution in [0, 0.1) is 5.92 Å². The number of carbonyl (C=O) groups excluding carboxylic acids is 2. The molecule has 4 aliphatic rings. The van der Waals surface area contributed by atoms with Gasteiger partial charge in [0.2, 0.25) is 0 Å². The van der Waals surface area contributed by atoms with Gasteiger partial charge in [-0.1, -0.05) is 56.0 Å². The first-order valence-electron chi connectivity index (χ1n) is 12.9. The van der Waals surface area contributed by atoms with Crippen LogP contribution in [0.15, 0.2) is 54.9 Å². The molecule has 1 unspecified atom stereocenters. The van der Waals surface area contributed by atoms with E-state index in [1.165, 1.54) is 12.8 Å². The van der Waals surface area contributed by atoms with Crippen LogP contribution in [0.2, 0.25) is 0 Å². The SMILES string of the molecule is O=C(C[N+]12CCC(CC1)C(OC(=O)C1(c3ccccc3)CCCCCC1)C2)Nc1ccncc1. The van der Waals surface area contributed by atoms with E-state index in [-0.39, 0.29) is 18.0 Å². The predicted octanol–water partition coefficient (Wildman–Crippen LogP) is 4.46. The molecule has 6 heteroatoms. The lowest BCUT2D eigenvalue weighted by atomic mass is 9.74. The quantitative estimate of drug-likeness (QED) is 0.391. The number of anilines is 1. The summed E-state index contributed by atoms with van der Waals surface area (Å²) >= 11 is 0. The molecular weight excluding hydrogens is 426 g/mol. The minimum atomic E-state index is -0.534. The number of hydrogen-bond acceptors (Lipinski definition) is 4. The molecule has 6 nitrogen and oxygen atoms in total. The van der Waals surface area contributed by atoms with Crippen molar-refractivity contribution in [2.24, 2.45) is 5.92 Å².